The van der Waals surface area contributed by atoms with Gasteiger partial charge in [-0.2, -0.15) is 0 Å². The van der Waals surface area contributed by atoms with Crippen LogP contribution >= 0.6 is 0 Å². The average molecular weight is 371 g/mol. The van der Waals surface area contributed by atoms with E-state index in [1.54, 1.807) is 24.3 Å². The summed E-state index contributed by atoms with van der Waals surface area (Å²) in [5.74, 6) is -0.0608. The third-order valence-electron chi connectivity index (χ3n) is 3.89. The van der Waals surface area contributed by atoms with Crippen molar-refractivity contribution in [3.05, 3.63) is 89.1 Å². The van der Waals surface area contributed by atoms with Gasteiger partial charge in [-0.1, -0.05) is 36.4 Å². The van der Waals surface area contributed by atoms with Gasteiger partial charge in [0.2, 0.25) is 0 Å². The maximum atomic E-state index is 13.6. The Balaban J connectivity index is 1.62. The molecule has 1 N–H and O–H groups in total. The minimum atomic E-state index is -1.26. The maximum Gasteiger partial charge on any atom is 0.287 e. The molecule has 0 bridgehead atoms. The van der Waals surface area contributed by atoms with E-state index in [1.807, 2.05) is 31.2 Å². The standard InChI is InChI=1S/C20H18FNO3S/c1-14-6-2-5-9-19(14)26(24)13-16-10-11-18(25-16)20(23)22-12-15-7-3-4-8-17(15)21/h2-11H,12-13H2,1H3,(H,22,23)/t26-/m0/s1. The summed E-state index contributed by atoms with van der Waals surface area (Å²) in [5.41, 5.74) is 1.34. The van der Waals surface area contributed by atoms with Crippen LogP contribution in [0.1, 0.15) is 27.4 Å². The number of furan rings is 1. The second-order valence-electron chi connectivity index (χ2n) is 5.80. The van der Waals surface area contributed by atoms with E-state index in [4.69, 9.17) is 4.42 Å². The molecule has 0 saturated carbocycles. The van der Waals surface area contributed by atoms with Gasteiger partial charge in [0.15, 0.2) is 5.76 Å². The monoisotopic (exact) mass is 371 g/mol. The van der Waals surface area contributed by atoms with Crippen LogP contribution in [-0.2, 0) is 23.1 Å². The number of halogens is 1. The van der Waals surface area contributed by atoms with Crippen molar-refractivity contribution in [3.8, 4) is 0 Å². The van der Waals surface area contributed by atoms with Gasteiger partial charge in [-0.25, -0.2) is 4.39 Å². The molecule has 1 heterocycles. The van der Waals surface area contributed by atoms with Gasteiger partial charge in [0.1, 0.15) is 11.6 Å². The highest BCUT2D eigenvalue weighted by molar-refractivity contribution is 7.84. The van der Waals surface area contributed by atoms with Gasteiger partial charge in [-0.3, -0.25) is 9.00 Å². The smallest absolute Gasteiger partial charge is 0.287 e. The summed E-state index contributed by atoms with van der Waals surface area (Å²) in [6, 6.07) is 16.8. The SMILES string of the molecule is Cc1ccccc1[S@@](=O)Cc1ccc(C(=O)NCc2ccccc2F)o1. The molecule has 3 rings (SSSR count). The zero-order chi connectivity index (χ0) is 18.5. The van der Waals surface area contributed by atoms with E-state index >= 15 is 0 Å². The fourth-order valence-electron chi connectivity index (χ4n) is 2.50. The third-order valence-corrected chi connectivity index (χ3v) is 5.39. The van der Waals surface area contributed by atoms with Crippen molar-refractivity contribution >= 4 is 16.7 Å². The third kappa shape index (κ3) is 4.26. The zero-order valence-corrected chi connectivity index (χ0v) is 15.0. The molecule has 134 valence electrons. The molecular weight excluding hydrogens is 353 g/mol. The molecule has 0 aliphatic rings. The highest BCUT2D eigenvalue weighted by Crippen LogP contribution is 2.18. The maximum absolute atomic E-state index is 13.6. The molecule has 1 atom stereocenters. The Hall–Kier alpha value is -2.73. The first kappa shape index (κ1) is 18.1. The summed E-state index contributed by atoms with van der Waals surface area (Å²) < 4.78 is 31.5. The molecule has 6 heteroatoms. The molecule has 0 spiro atoms. The fraction of sp³-hybridized carbons (Fsp3) is 0.150. The van der Waals surface area contributed by atoms with E-state index in [2.05, 4.69) is 5.32 Å². The normalized spacial score (nSPS) is 11.9. The van der Waals surface area contributed by atoms with E-state index in [1.165, 1.54) is 12.1 Å². The highest BCUT2D eigenvalue weighted by Gasteiger charge is 2.15. The number of amides is 1. The number of aryl methyl sites for hydroxylation is 1. The summed E-state index contributed by atoms with van der Waals surface area (Å²) in [5, 5.41) is 2.61. The quantitative estimate of drug-likeness (QED) is 0.713. The van der Waals surface area contributed by atoms with Gasteiger partial charge in [0.05, 0.1) is 16.6 Å². The molecule has 3 aromatic rings. The van der Waals surface area contributed by atoms with Gasteiger partial charge in [0, 0.05) is 17.0 Å². The Morgan fingerprint density at radius 2 is 1.81 bits per heavy atom. The lowest BCUT2D eigenvalue weighted by atomic mass is 10.2. The van der Waals surface area contributed by atoms with Crippen molar-refractivity contribution in [2.45, 2.75) is 24.1 Å². The minimum Gasteiger partial charge on any atom is -0.455 e. The number of carbonyl (C=O) groups is 1. The van der Waals surface area contributed by atoms with Gasteiger partial charge >= 0.3 is 0 Å². The largest absolute Gasteiger partial charge is 0.455 e. The summed E-state index contributed by atoms with van der Waals surface area (Å²) in [4.78, 5) is 12.9. The highest BCUT2D eigenvalue weighted by atomic mass is 32.2. The Morgan fingerprint density at radius 3 is 2.58 bits per heavy atom. The van der Waals surface area contributed by atoms with Crippen LogP contribution in [0.25, 0.3) is 0 Å². The van der Waals surface area contributed by atoms with Crippen LogP contribution in [-0.4, -0.2) is 10.1 Å². The molecule has 1 aromatic heterocycles. The predicted molar refractivity (Wildman–Crippen MR) is 97.6 cm³/mol. The van der Waals surface area contributed by atoms with Crippen molar-refractivity contribution in [2.75, 3.05) is 0 Å². The topological polar surface area (TPSA) is 59.3 Å². The second-order valence-corrected chi connectivity index (χ2v) is 7.21. The van der Waals surface area contributed by atoms with Crippen LogP contribution in [0.4, 0.5) is 4.39 Å². The minimum absolute atomic E-state index is 0.0662. The van der Waals surface area contributed by atoms with Crippen LogP contribution in [0, 0.1) is 12.7 Å². The Bertz CT molecular complexity index is 951. The summed E-state index contributed by atoms with van der Waals surface area (Å²) in [6.45, 7) is 1.97. The Labute approximate surface area is 153 Å². The molecule has 26 heavy (non-hydrogen) atoms. The van der Waals surface area contributed by atoms with Crippen LogP contribution in [0.3, 0.4) is 0 Å². The summed E-state index contributed by atoms with van der Waals surface area (Å²) in [7, 11) is -1.26. The van der Waals surface area contributed by atoms with Crippen molar-refractivity contribution in [1.82, 2.24) is 5.32 Å². The van der Waals surface area contributed by atoms with E-state index in [0.29, 0.717) is 11.3 Å². The summed E-state index contributed by atoms with van der Waals surface area (Å²) >= 11 is 0. The molecule has 4 nitrogen and oxygen atoms in total. The van der Waals surface area contributed by atoms with Gasteiger partial charge in [-0.05, 0) is 36.8 Å². The van der Waals surface area contributed by atoms with Crippen molar-refractivity contribution in [1.29, 1.82) is 0 Å². The lowest BCUT2D eigenvalue weighted by molar-refractivity contribution is 0.0921. The number of nitrogens with one attached hydrogen (secondary N) is 1. The van der Waals surface area contributed by atoms with Crippen LogP contribution < -0.4 is 5.32 Å². The molecule has 0 radical (unpaired) electrons. The van der Waals surface area contributed by atoms with E-state index < -0.39 is 16.7 Å². The van der Waals surface area contributed by atoms with Crippen molar-refractivity contribution in [3.63, 3.8) is 0 Å². The van der Waals surface area contributed by atoms with Crippen LogP contribution in [0.2, 0.25) is 0 Å². The first-order chi connectivity index (χ1) is 12.5. The molecule has 0 fully saturated rings. The first-order valence-corrected chi connectivity index (χ1v) is 9.41. The molecule has 0 unspecified atom stereocenters. The van der Waals surface area contributed by atoms with E-state index in [-0.39, 0.29) is 23.9 Å². The lowest BCUT2D eigenvalue weighted by Gasteiger charge is -2.05. The zero-order valence-electron chi connectivity index (χ0n) is 14.2. The van der Waals surface area contributed by atoms with Crippen molar-refractivity contribution < 1.29 is 17.8 Å². The van der Waals surface area contributed by atoms with Crippen LogP contribution in [0.15, 0.2) is 70.0 Å². The Kier molecular flexibility index (Phi) is 5.63. The number of benzene rings is 2. The molecule has 0 aliphatic heterocycles. The molecule has 2 aromatic carbocycles. The molecule has 0 aliphatic carbocycles. The van der Waals surface area contributed by atoms with Crippen LogP contribution in [0.5, 0.6) is 0 Å². The number of hydrogen-bond acceptors (Lipinski definition) is 3. The number of rotatable bonds is 6. The summed E-state index contributed by atoms with van der Waals surface area (Å²) in [6.07, 6.45) is 0. The van der Waals surface area contributed by atoms with Gasteiger partial charge in [0.25, 0.3) is 5.91 Å². The molecule has 0 saturated heterocycles. The number of carbonyl (C=O) groups excluding carboxylic acids is 1. The Morgan fingerprint density at radius 1 is 1.08 bits per heavy atom. The van der Waals surface area contributed by atoms with Gasteiger partial charge in [-0.15, -0.1) is 0 Å². The lowest BCUT2D eigenvalue weighted by Crippen LogP contribution is -2.22. The molecular formula is C20H18FNO3S. The first-order valence-electron chi connectivity index (χ1n) is 8.09. The van der Waals surface area contributed by atoms with E-state index in [9.17, 15) is 13.4 Å². The average Bonchev–Trinajstić information content (AvgIpc) is 3.09. The second kappa shape index (κ2) is 8.10. The predicted octanol–water partition coefficient (Wildman–Crippen LogP) is 3.96. The fourth-order valence-corrected chi connectivity index (χ4v) is 3.73. The molecule has 1 amide bonds. The number of hydrogen-bond donors (Lipinski definition) is 1. The van der Waals surface area contributed by atoms with E-state index in [0.717, 1.165) is 10.5 Å². The van der Waals surface area contributed by atoms with Crippen molar-refractivity contribution in [2.24, 2.45) is 0 Å². The van der Waals surface area contributed by atoms with Gasteiger partial charge < -0.3 is 9.73 Å².